The Kier molecular flexibility index (Phi) is 5.17. The van der Waals surface area contributed by atoms with E-state index in [9.17, 15) is 9.59 Å². The highest BCUT2D eigenvalue weighted by Gasteiger charge is 2.28. The number of nitrogens with zero attached hydrogens (tertiary/aromatic N) is 4. The van der Waals surface area contributed by atoms with Crippen molar-refractivity contribution in [3.05, 3.63) is 33.8 Å². The maximum absolute atomic E-state index is 12.7. The number of aryl methyl sites for hydroxylation is 2. The summed E-state index contributed by atoms with van der Waals surface area (Å²) < 4.78 is 1.79. The third kappa shape index (κ3) is 4.07. The molecule has 1 saturated heterocycles. The number of hydrogen-bond acceptors (Lipinski definition) is 5. The summed E-state index contributed by atoms with van der Waals surface area (Å²) in [4.78, 5) is 35.7. The first-order chi connectivity index (χ1) is 11.9. The van der Waals surface area contributed by atoms with Gasteiger partial charge in [0.2, 0.25) is 11.8 Å². The number of nitrogens with two attached hydrogens (primary N) is 1. The van der Waals surface area contributed by atoms with Crippen LogP contribution in [0, 0.1) is 13.8 Å². The minimum absolute atomic E-state index is 0.124. The van der Waals surface area contributed by atoms with Crippen molar-refractivity contribution in [2.45, 2.75) is 45.6 Å². The second kappa shape index (κ2) is 7.35. The molecule has 3 heterocycles. The molecule has 2 aromatic rings. The van der Waals surface area contributed by atoms with Crippen molar-refractivity contribution in [1.82, 2.24) is 19.4 Å². The Balaban J connectivity index is 1.69. The minimum atomic E-state index is -0.390. The van der Waals surface area contributed by atoms with Gasteiger partial charge in [0, 0.05) is 36.3 Å². The maximum Gasteiger partial charge on any atom is 0.237 e. The molecule has 134 valence electrons. The zero-order valence-corrected chi connectivity index (χ0v) is 15.4. The predicted octanol–water partition coefficient (Wildman–Crippen LogP) is 1.39. The number of carbonyl (C=O) groups excluding carboxylic acids is 2. The number of primary amides is 1. The lowest BCUT2D eigenvalue weighted by atomic mass is 9.96. The van der Waals surface area contributed by atoms with Gasteiger partial charge in [0.15, 0.2) is 0 Å². The van der Waals surface area contributed by atoms with E-state index in [0.717, 1.165) is 40.8 Å². The summed E-state index contributed by atoms with van der Waals surface area (Å²) in [5.41, 5.74) is 6.25. The van der Waals surface area contributed by atoms with Crippen LogP contribution < -0.4 is 5.73 Å². The SMILES string of the molecule is Cc1nc(C)c(CC(=O)N2CCC[C@H](c3nccn3CC(N)=O)C2)s1. The van der Waals surface area contributed by atoms with Crippen molar-refractivity contribution in [1.29, 1.82) is 0 Å². The molecule has 1 aliphatic rings. The lowest BCUT2D eigenvalue weighted by Crippen LogP contribution is -2.40. The Morgan fingerprint density at radius 3 is 2.88 bits per heavy atom. The first-order valence-electron chi connectivity index (χ1n) is 8.44. The number of aromatic nitrogens is 3. The van der Waals surface area contributed by atoms with E-state index < -0.39 is 0 Å². The quantitative estimate of drug-likeness (QED) is 0.871. The summed E-state index contributed by atoms with van der Waals surface area (Å²) in [5.74, 6) is 0.709. The molecule has 0 spiro atoms. The van der Waals surface area contributed by atoms with Gasteiger partial charge in [0.25, 0.3) is 0 Å². The van der Waals surface area contributed by atoms with E-state index in [-0.39, 0.29) is 24.3 Å². The molecule has 2 aromatic heterocycles. The standard InChI is InChI=1S/C17H23N5O2S/c1-11-14(25-12(2)20-11)8-16(24)21-6-3-4-13(9-21)17-19-5-7-22(17)10-15(18)23/h5,7,13H,3-4,6,8-10H2,1-2H3,(H2,18,23)/t13-/m0/s1. The molecule has 0 aromatic carbocycles. The van der Waals surface area contributed by atoms with Gasteiger partial charge in [-0.3, -0.25) is 9.59 Å². The van der Waals surface area contributed by atoms with E-state index in [1.54, 1.807) is 28.3 Å². The molecule has 0 saturated carbocycles. The van der Waals surface area contributed by atoms with Crippen LogP contribution in [0.4, 0.5) is 0 Å². The third-order valence-corrected chi connectivity index (χ3v) is 5.60. The molecule has 8 heteroatoms. The first-order valence-corrected chi connectivity index (χ1v) is 9.25. The van der Waals surface area contributed by atoms with Crippen LogP contribution in [0.25, 0.3) is 0 Å². The smallest absolute Gasteiger partial charge is 0.237 e. The molecule has 1 aliphatic heterocycles. The van der Waals surface area contributed by atoms with Crippen molar-refractivity contribution >= 4 is 23.2 Å². The van der Waals surface area contributed by atoms with Crippen LogP contribution in [0.5, 0.6) is 0 Å². The highest BCUT2D eigenvalue weighted by molar-refractivity contribution is 7.11. The van der Waals surface area contributed by atoms with Crippen LogP contribution in [0.3, 0.4) is 0 Å². The number of amides is 2. The van der Waals surface area contributed by atoms with Crippen molar-refractivity contribution in [2.75, 3.05) is 13.1 Å². The Hall–Kier alpha value is -2.22. The topological polar surface area (TPSA) is 94.1 Å². The van der Waals surface area contributed by atoms with Crippen LogP contribution in [0.1, 0.15) is 40.2 Å². The summed E-state index contributed by atoms with van der Waals surface area (Å²) in [6.45, 7) is 5.43. The molecule has 1 fully saturated rings. The van der Waals surface area contributed by atoms with Gasteiger partial charge in [-0.05, 0) is 26.7 Å². The lowest BCUT2D eigenvalue weighted by Gasteiger charge is -2.32. The largest absolute Gasteiger partial charge is 0.368 e. The molecule has 0 unspecified atom stereocenters. The van der Waals surface area contributed by atoms with Gasteiger partial charge in [0.05, 0.1) is 17.1 Å². The normalized spacial score (nSPS) is 17.7. The summed E-state index contributed by atoms with van der Waals surface area (Å²) in [6, 6.07) is 0. The molecule has 2 amide bonds. The number of hydrogen-bond donors (Lipinski definition) is 1. The fraction of sp³-hybridized carbons (Fsp3) is 0.529. The van der Waals surface area contributed by atoms with E-state index >= 15 is 0 Å². The number of likely N-dealkylation sites (tertiary alicyclic amines) is 1. The number of thiazole rings is 1. The highest BCUT2D eigenvalue weighted by atomic mass is 32.1. The van der Waals surface area contributed by atoms with Crippen molar-refractivity contribution < 1.29 is 9.59 Å². The average Bonchev–Trinajstić information content (AvgIpc) is 3.13. The fourth-order valence-corrected chi connectivity index (χ4v) is 4.31. The lowest BCUT2D eigenvalue weighted by molar-refractivity contribution is -0.131. The first kappa shape index (κ1) is 17.6. The maximum atomic E-state index is 12.7. The zero-order valence-electron chi connectivity index (χ0n) is 14.6. The van der Waals surface area contributed by atoms with Crippen LogP contribution in [0.15, 0.2) is 12.4 Å². The molecular weight excluding hydrogens is 338 g/mol. The van der Waals surface area contributed by atoms with Gasteiger partial charge < -0.3 is 15.2 Å². The van der Waals surface area contributed by atoms with Gasteiger partial charge in [-0.2, -0.15) is 0 Å². The zero-order chi connectivity index (χ0) is 18.0. The molecule has 7 nitrogen and oxygen atoms in total. The highest BCUT2D eigenvalue weighted by Crippen LogP contribution is 2.27. The van der Waals surface area contributed by atoms with Gasteiger partial charge in [-0.1, -0.05) is 0 Å². The molecule has 0 radical (unpaired) electrons. The molecule has 1 atom stereocenters. The second-order valence-corrected chi connectivity index (χ2v) is 7.76. The molecule has 0 bridgehead atoms. The molecular formula is C17H23N5O2S. The summed E-state index contributed by atoms with van der Waals surface area (Å²) in [6.07, 6.45) is 5.74. The van der Waals surface area contributed by atoms with E-state index in [1.807, 2.05) is 18.7 Å². The second-order valence-electron chi connectivity index (χ2n) is 6.48. The van der Waals surface area contributed by atoms with Crippen LogP contribution >= 0.6 is 11.3 Å². The van der Waals surface area contributed by atoms with Gasteiger partial charge in [0.1, 0.15) is 12.4 Å². The van der Waals surface area contributed by atoms with E-state index in [2.05, 4.69) is 9.97 Å². The van der Waals surface area contributed by atoms with Crippen LogP contribution in [-0.4, -0.2) is 44.3 Å². The van der Waals surface area contributed by atoms with Crippen molar-refractivity contribution in [3.63, 3.8) is 0 Å². The number of rotatable bonds is 5. The summed E-state index contributed by atoms with van der Waals surface area (Å²) >= 11 is 1.59. The minimum Gasteiger partial charge on any atom is -0.368 e. The Morgan fingerprint density at radius 2 is 2.20 bits per heavy atom. The number of imidazole rings is 1. The average molecular weight is 361 g/mol. The van der Waals surface area contributed by atoms with Crippen molar-refractivity contribution in [2.24, 2.45) is 5.73 Å². The Labute approximate surface area is 150 Å². The Bertz CT molecular complexity index is 782. The van der Waals surface area contributed by atoms with E-state index in [0.29, 0.717) is 13.0 Å². The van der Waals surface area contributed by atoms with E-state index in [4.69, 9.17) is 5.73 Å². The van der Waals surface area contributed by atoms with E-state index in [1.165, 1.54) is 0 Å². The van der Waals surface area contributed by atoms with Gasteiger partial charge in [-0.15, -0.1) is 11.3 Å². The summed E-state index contributed by atoms with van der Waals surface area (Å²) in [5, 5.41) is 0.991. The van der Waals surface area contributed by atoms with Crippen LogP contribution in [0.2, 0.25) is 0 Å². The fourth-order valence-electron chi connectivity index (χ4n) is 3.38. The molecule has 0 aliphatic carbocycles. The molecule has 25 heavy (non-hydrogen) atoms. The van der Waals surface area contributed by atoms with Gasteiger partial charge >= 0.3 is 0 Å². The summed E-state index contributed by atoms with van der Waals surface area (Å²) in [7, 11) is 0. The van der Waals surface area contributed by atoms with Crippen LogP contribution in [-0.2, 0) is 22.6 Å². The predicted molar refractivity (Wildman–Crippen MR) is 95.3 cm³/mol. The third-order valence-electron chi connectivity index (χ3n) is 4.52. The Morgan fingerprint density at radius 1 is 1.40 bits per heavy atom. The monoisotopic (exact) mass is 361 g/mol. The molecule has 3 rings (SSSR count). The molecule has 2 N–H and O–H groups in total. The number of piperidine rings is 1. The van der Waals surface area contributed by atoms with Gasteiger partial charge in [-0.25, -0.2) is 9.97 Å². The number of carbonyl (C=O) groups is 2. The van der Waals surface area contributed by atoms with Crippen molar-refractivity contribution in [3.8, 4) is 0 Å².